The van der Waals surface area contributed by atoms with Crippen LogP contribution in [-0.2, 0) is 35.3 Å². The number of benzene rings is 2. The molecule has 0 bridgehead atoms. The first-order valence-electron chi connectivity index (χ1n) is 8.62. The number of hydroxylamine groups is 2. The Morgan fingerprint density at radius 3 is 1.23 bits per heavy atom. The molecule has 2 amide bonds. The Bertz CT molecular complexity index is 648. The lowest BCUT2D eigenvalue weighted by Gasteiger charge is -2.06. The second-order valence-electron chi connectivity index (χ2n) is 6.26. The van der Waals surface area contributed by atoms with Gasteiger partial charge in [0, 0.05) is 0 Å². The molecule has 0 saturated carbocycles. The quantitative estimate of drug-likeness (QED) is 0.315. The summed E-state index contributed by atoms with van der Waals surface area (Å²) in [5, 5.41) is 17.1. The number of carbonyl (C=O) groups is 2. The average molecular weight is 356 g/mol. The van der Waals surface area contributed by atoms with Gasteiger partial charge in [-0.15, -0.1) is 0 Å². The minimum absolute atomic E-state index is 0.173. The molecule has 0 aliphatic heterocycles. The largest absolute Gasteiger partial charge is 0.289 e. The van der Waals surface area contributed by atoms with Gasteiger partial charge >= 0.3 is 0 Å². The van der Waals surface area contributed by atoms with Gasteiger partial charge in [-0.2, -0.15) is 0 Å². The number of carbonyl (C=O) groups excluding carboxylic acids is 2. The molecule has 0 heterocycles. The maximum Gasteiger partial charge on any atom is 0.247 e. The highest BCUT2D eigenvalue weighted by atomic mass is 16.5. The second-order valence-corrected chi connectivity index (χ2v) is 6.26. The molecule has 0 aliphatic carbocycles. The molecule has 4 N–H and O–H groups in total. The number of hydrogen-bond donors (Lipinski definition) is 4. The Hall–Kier alpha value is -2.70. The molecule has 0 spiro atoms. The molecule has 0 radical (unpaired) electrons. The predicted octanol–water partition coefficient (Wildman–Crippen LogP) is 2.35. The predicted molar refractivity (Wildman–Crippen MR) is 96.8 cm³/mol. The molecule has 2 aromatic rings. The topological polar surface area (TPSA) is 98.7 Å². The van der Waals surface area contributed by atoms with Gasteiger partial charge in [-0.1, -0.05) is 48.5 Å². The summed E-state index contributed by atoms with van der Waals surface area (Å²) in [6.45, 7) is 0. The van der Waals surface area contributed by atoms with Crippen LogP contribution in [0.15, 0.2) is 48.5 Å². The van der Waals surface area contributed by atoms with E-state index in [0.717, 1.165) is 36.8 Å². The van der Waals surface area contributed by atoms with Crippen molar-refractivity contribution < 1.29 is 20.0 Å². The minimum atomic E-state index is -0.416. The maximum absolute atomic E-state index is 11.1. The molecular formula is C20H24N2O4. The smallest absolute Gasteiger partial charge is 0.247 e. The molecule has 2 aromatic carbocycles. The molecule has 0 fully saturated rings. The Morgan fingerprint density at radius 1 is 0.615 bits per heavy atom. The number of aryl methyl sites for hydroxylation is 2. The number of rotatable bonds is 9. The van der Waals surface area contributed by atoms with E-state index in [-0.39, 0.29) is 12.8 Å². The summed E-state index contributed by atoms with van der Waals surface area (Å²) < 4.78 is 0. The number of hydrogen-bond acceptors (Lipinski definition) is 4. The zero-order valence-corrected chi connectivity index (χ0v) is 14.6. The van der Waals surface area contributed by atoms with Gasteiger partial charge in [-0.3, -0.25) is 20.0 Å². The molecule has 0 unspecified atom stereocenters. The first-order chi connectivity index (χ1) is 12.6. The Balaban J connectivity index is 1.71. The van der Waals surface area contributed by atoms with Crippen molar-refractivity contribution in [3.63, 3.8) is 0 Å². The summed E-state index contributed by atoms with van der Waals surface area (Å²) in [5.74, 6) is -0.832. The van der Waals surface area contributed by atoms with Gasteiger partial charge in [-0.05, 0) is 47.9 Å². The lowest BCUT2D eigenvalue weighted by atomic mass is 10.0. The monoisotopic (exact) mass is 356 g/mol. The highest BCUT2D eigenvalue weighted by Crippen LogP contribution is 2.12. The molecule has 0 aromatic heterocycles. The number of nitrogens with one attached hydrogen (secondary N) is 2. The van der Waals surface area contributed by atoms with E-state index in [9.17, 15) is 9.59 Å². The van der Waals surface area contributed by atoms with Crippen LogP contribution in [0.1, 0.15) is 35.1 Å². The van der Waals surface area contributed by atoms with Crippen LogP contribution in [0.5, 0.6) is 0 Å². The Morgan fingerprint density at radius 2 is 0.923 bits per heavy atom. The van der Waals surface area contributed by atoms with E-state index >= 15 is 0 Å². The molecular weight excluding hydrogens is 332 g/mol. The molecule has 2 rings (SSSR count). The van der Waals surface area contributed by atoms with Crippen LogP contribution in [-0.4, -0.2) is 22.2 Å². The van der Waals surface area contributed by atoms with E-state index in [0.29, 0.717) is 0 Å². The van der Waals surface area contributed by atoms with Crippen LogP contribution in [0.2, 0.25) is 0 Å². The van der Waals surface area contributed by atoms with Crippen LogP contribution in [0, 0.1) is 0 Å². The van der Waals surface area contributed by atoms with E-state index < -0.39 is 11.8 Å². The van der Waals surface area contributed by atoms with Crippen LogP contribution in [0.3, 0.4) is 0 Å². The van der Waals surface area contributed by atoms with E-state index in [1.165, 1.54) is 11.1 Å². The normalized spacial score (nSPS) is 10.4. The second kappa shape index (κ2) is 10.3. The van der Waals surface area contributed by atoms with Gasteiger partial charge in [0.05, 0.1) is 12.8 Å². The van der Waals surface area contributed by atoms with Gasteiger partial charge < -0.3 is 0 Å². The Kier molecular flexibility index (Phi) is 7.79. The van der Waals surface area contributed by atoms with Crippen LogP contribution in [0.4, 0.5) is 0 Å². The Labute approximate surface area is 152 Å². The van der Waals surface area contributed by atoms with Crippen molar-refractivity contribution in [1.82, 2.24) is 11.0 Å². The van der Waals surface area contributed by atoms with E-state index in [1.54, 1.807) is 11.0 Å². The van der Waals surface area contributed by atoms with E-state index in [2.05, 4.69) is 0 Å². The van der Waals surface area contributed by atoms with Crippen molar-refractivity contribution in [3.05, 3.63) is 70.8 Å². The highest BCUT2D eigenvalue weighted by molar-refractivity contribution is 5.77. The van der Waals surface area contributed by atoms with E-state index in [4.69, 9.17) is 10.4 Å². The fourth-order valence-electron chi connectivity index (χ4n) is 2.76. The summed E-state index contributed by atoms with van der Waals surface area (Å²) in [5.41, 5.74) is 7.45. The number of amides is 2. The van der Waals surface area contributed by atoms with Gasteiger partial charge in [0.15, 0.2) is 0 Å². The first kappa shape index (κ1) is 19.6. The van der Waals surface area contributed by atoms with Crippen LogP contribution < -0.4 is 11.0 Å². The molecule has 6 heteroatoms. The van der Waals surface area contributed by atoms with Gasteiger partial charge in [0.2, 0.25) is 11.8 Å². The molecule has 0 aliphatic rings. The van der Waals surface area contributed by atoms with Gasteiger partial charge in [-0.25, -0.2) is 11.0 Å². The van der Waals surface area contributed by atoms with Crippen molar-refractivity contribution in [1.29, 1.82) is 0 Å². The molecule has 0 atom stereocenters. The standard InChI is InChI=1S/C20H24N2O4/c23-19(21-25)13-17-9-5-15(6-10-17)3-1-2-4-16-7-11-18(12-8-16)14-20(24)22-26/h5-12,25-26H,1-4,13-14H2,(H,21,23)(H,22,24). The first-order valence-corrected chi connectivity index (χ1v) is 8.62. The fraction of sp³-hybridized carbons (Fsp3) is 0.300. The van der Waals surface area contributed by atoms with Crippen LogP contribution >= 0.6 is 0 Å². The minimum Gasteiger partial charge on any atom is -0.289 e. The molecule has 138 valence electrons. The van der Waals surface area contributed by atoms with Crippen molar-refractivity contribution in [2.75, 3.05) is 0 Å². The summed E-state index contributed by atoms with van der Waals surface area (Å²) in [4.78, 5) is 22.2. The molecule has 0 saturated heterocycles. The maximum atomic E-state index is 11.1. The summed E-state index contributed by atoms with van der Waals surface area (Å²) in [7, 11) is 0. The lowest BCUT2D eigenvalue weighted by Crippen LogP contribution is -2.20. The summed E-state index contributed by atoms with van der Waals surface area (Å²) in [6.07, 6.45) is 4.41. The fourth-order valence-corrected chi connectivity index (χ4v) is 2.76. The van der Waals surface area contributed by atoms with Crippen molar-refractivity contribution in [2.24, 2.45) is 0 Å². The van der Waals surface area contributed by atoms with Gasteiger partial charge in [0.25, 0.3) is 0 Å². The summed E-state index contributed by atoms with van der Waals surface area (Å²) in [6, 6.07) is 15.7. The third-order valence-electron chi connectivity index (χ3n) is 4.21. The average Bonchev–Trinajstić information content (AvgIpc) is 2.67. The molecule has 6 nitrogen and oxygen atoms in total. The zero-order valence-electron chi connectivity index (χ0n) is 14.6. The molecule has 26 heavy (non-hydrogen) atoms. The van der Waals surface area contributed by atoms with E-state index in [1.807, 2.05) is 48.5 Å². The van der Waals surface area contributed by atoms with Crippen molar-refractivity contribution in [3.8, 4) is 0 Å². The van der Waals surface area contributed by atoms with Gasteiger partial charge in [0.1, 0.15) is 0 Å². The van der Waals surface area contributed by atoms with Crippen molar-refractivity contribution in [2.45, 2.75) is 38.5 Å². The van der Waals surface area contributed by atoms with Crippen molar-refractivity contribution >= 4 is 11.8 Å². The van der Waals surface area contributed by atoms with Crippen LogP contribution in [0.25, 0.3) is 0 Å². The SMILES string of the molecule is O=C(Cc1ccc(CCCCc2ccc(CC(=O)NO)cc2)cc1)NO. The highest BCUT2D eigenvalue weighted by Gasteiger charge is 2.03. The zero-order chi connectivity index (χ0) is 18.8. The number of unbranched alkanes of at least 4 members (excludes halogenated alkanes) is 1. The summed E-state index contributed by atoms with van der Waals surface area (Å²) >= 11 is 0. The lowest BCUT2D eigenvalue weighted by molar-refractivity contribution is -0.129. The third kappa shape index (κ3) is 6.66. The third-order valence-corrected chi connectivity index (χ3v) is 4.21.